The van der Waals surface area contributed by atoms with Gasteiger partial charge in [-0.2, -0.15) is 0 Å². The summed E-state index contributed by atoms with van der Waals surface area (Å²) in [6, 6.07) is -1.52. The van der Waals surface area contributed by atoms with Gasteiger partial charge in [0.05, 0.1) is 50.4 Å². The fourth-order valence-corrected chi connectivity index (χ4v) is 6.40. The van der Waals surface area contributed by atoms with Gasteiger partial charge in [0.2, 0.25) is 11.8 Å². The number of allylic oxidation sites excluding steroid dienone is 1. The Labute approximate surface area is 219 Å². The summed E-state index contributed by atoms with van der Waals surface area (Å²) >= 11 is 0. The standard InChI is InChI=1S/C27H41N3O7/c1-4-6-7-15-36-26(34)21-20-8-9-27(37-20)22(21)24(32)30(19(3)18-31)23(27)25(33)29(10-5-2)12-11-28-13-16-35-17-14-28/h4-5,19-23,31H,1-2,6-18H2,3H3/t19-,20+,21-,22+,23?,27?/m1/s1. The third-order valence-corrected chi connectivity index (χ3v) is 8.23. The second-order valence-electron chi connectivity index (χ2n) is 10.5. The summed E-state index contributed by atoms with van der Waals surface area (Å²) in [5.74, 6) is -2.55. The van der Waals surface area contributed by atoms with Crippen molar-refractivity contribution in [2.75, 3.05) is 59.2 Å². The van der Waals surface area contributed by atoms with E-state index in [0.717, 1.165) is 19.5 Å². The van der Waals surface area contributed by atoms with Crippen molar-refractivity contribution >= 4 is 17.8 Å². The number of aliphatic hydroxyl groups is 1. The normalized spacial score (nSPS) is 31.7. The molecule has 0 aromatic heterocycles. The van der Waals surface area contributed by atoms with E-state index in [2.05, 4.69) is 18.1 Å². The number of amides is 2. The molecular formula is C27H41N3O7. The van der Waals surface area contributed by atoms with Gasteiger partial charge in [0.15, 0.2) is 0 Å². The summed E-state index contributed by atoms with van der Waals surface area (Å²) in [5, 5.41) is 10.0. The largest absolute Gasteiger partial charge is 0.465 e. The molecule has 0 aromatic rings. The third kappa shape index (κ3) is 5.21. The molecular weight excluding hydrogens is 478 g/mol. The first kappa shape index (κ1) is 27.8. The molecule has 4 heterocycles. The SMILES string of the molecule is C=CCCCOC(=O)[C@@H]1[C@@H]2CCC3(O2)C(C(=O)N(CC=C)CCN2CCOCC2)N([C@H](C)CO)C(=O)[C@H]13. The Morgan fingerprint density at radius 3 is 2.73 bits per heavy atom. The number of hydrogen-bond acceptors (Lipinski definition) is 8. The molecule has 2 unspecified atom stereocenters. The molecule has 2 amide bonds. The molecule has 0 radical (unpaired) electrons. The zero-order valence-electron chi connectivity index (χ0n) is 21.9. The number of carbonyl (C=O) groups excluding carboxylic acids is 3. The molecule has 1 N–H and O–H groups in total. The van der Waals surface area contributed by atoms with Gasteiger partial charge in [-0.15, -0.1) is 13.2 Å². The lowest BCUT2D eigenvalue weighted by molar-refractivity contribution is -0.156. The topological polar surface area (TPSA) is 109 Å². The number of unbranched alkanes of at least 4 members (excludes halogenated alkanes) is 1. The van der Waals surface area contributed by atoms with E-state index in [0.29, 0.717) is 52.1 Å². The quantitative estimate of drug-likeness (QED) is 0.214. The van der Waals surface area contributed by atoms with Crippen LogP contribution >= 0.6 is 0 Å². The molecule has 37 heavy (non-hydrogen) atoms. The first-order chi connectivity index (χ1) is 17.9. The molecule has 4 aliphatic heterocycles. The van der Waals surface area contributed by atoms with Crippen molar-refractivity contribution in [1.29, 1.82) is 0 Å². The number of carbonyl (C=O) groups is 3. The molecule has 2 bridgehead atoms. The molecule has 4 fully saturated rings. The van der Waals surface area contributed by atoms with E-state index in [9.17, 15) is 19.5 Å². The highest BCUT2D eigenvalue weighted by Gasteiger charge is 2.75. The number of fused-ring (bicyclic) bond motifs is 1. The Kier molecular flexibility index (Phi) is 9.05. The number of rotatable bonds is 13. The van der Waals surface area contributed by atoms with Crippen molar-refractivity contribution in [3.63, 3.8) is 0 Å². The predicted octanol–water partition coefficient (Wildman–Crippen LogP) is 0.598. The van der Waals surface area contributed by atoms with Crippen molar-refractivity contribution < 1.29 is 33.7 Å². The molecule has 0 aromatic carbocycles. The van der Waals surface area contributed by atoms with E-state index in [4.69, 9.17) is 14.2 Å². The second-order valence-corrected chi connectivity index (χ2v) is 10.5. The highest BCUT2D eigenvalue weighted by atomic mass is 16.6. The van der Waals surface area contributed by atoms with Gasteiger partial charge < -0.3 is 29.1 Å². The minimum Gasteiger partial charge on any atom is -0.465 e. The van der Waals surface area contributed by atoms with Crippen LogP contribution in [0.25, 0.3) is 0 Å². The van der Waals surface area contributed by atoms with Gasteiger partial charge in [-0.1, -0.05) is 12.2 Å². The lowest BCUT2D eigenvalue weighted by Crippen LogP contribution is -2.59. The Morgan fingerprint density at radius 2 is 2.05 bits per heavy atom. The Hall–Kier alpha value is -2.27. The summed E-state index contributed by atoms with van der Waals surface area (Å²) in [7, 11) is 0. The van der Waals surface area contributed by atoms with E-state index < -0.39 is 41.6 Å². The molecule has 0 aliphatic carbocycles. The molecule has 4 aliphatic rings. The first-order valence-corrected chi connectivity index (χ1v) is 13.5. The van der Waals surface area contributed by atoms with Crippen molar-refractivity contribution in [3.8, 4) is 0 Å². The van der Waals surface area contributed by atoms with Gasteiger partial charge >= 0.3 is 5.97 Å². The fourth-order valence-electron chi connectivity index (χ4n) is 6.40. The Balaban J connectivity index is 1.58. The smallest absolute Gasteiger partial charge is 0.312 e. The highest BCUT2D eigenvalue weighted by molar-refractivity contribution is 5.98. The van der Waals surface area contributed by atoms with E-state index in [1.807, 2.05) is 0 Å². The maximum atomic E-state index is 14.2. The van der Waals surface area contributed by atoms with Crippen molar-refractivity contribution in [2.45, 2.75) is 56.4 Å². The van der Waals surface area contributed by atoms with Crippen LogP contribution in [0.3, 0.4) is 0 Å². The Bertz CT molecular complexity index is 876. The van der Waals surface area contributed by atoms with E-state index >= 15 is 0 Å². The van der Waals surface area contributed by atoms with Crippen molar-refractivity contribution in [1.82, 2.24) is 14.7 Å². The predicted molar refractivity (Wildman–Crippen MR) is 135 cm³/mol. The average Bonchev–Trinajstić information content (AvgIpc) is 3.56. The van der Waals surface area contributed by atoms with Crippen molar-refractivity contribution in [3.05, 3.63) is 25.3 Å². The molecule has 6 atom stereocenters. The van der Waals surface area contributed by atoms with Crippen LogP contribution in [0.2, 0.25) is 0 Å². The fraction of sp³-hybridized carbons (Fsp3) is 0.741. The van der Waals surface area contributed by atoms with Gasteiger partial charge in [0, 0.05) is 32.7 Å². The van der Waals surface area contributed by atoms with Gasteiger partial charge in [-0.25, -0.2) is 0 Å². The van der Waals surface area contributed by atoms with Crippen LogP contribution in [0.5, 0.6) is 0 Å². The monoisotopic (exact) mass is 519 g/mol. The molecule has 4 saturated heterocycles. The second kappa shape index (κ2) is 12.1. The van der Waals surface area contributed by atoms with Crippen LogP contribution in [0.4, 0.5) is 0 Å². The summed E-state index contributed by atoms with van der Waals surface area (Å²) in [4.78, 5) is 46.6. The summed E-state index contributed by atoms with van der Waals surface area (Å²) < 4.78 is 17.4. The van der Waals surface area contributed by atoms with E-state index in [1.165, 1.54) is 4.90 Å². The van der Waals surface area contributed by atoms with E-state index in [-0.39, 0.29) is 25.0 Å². The lowest BCUT2D eigenvalue weighted by Gasteiger charge is -2.39. The maximum Gasteiger partial charge on any atom is 0.312 e. The first-order valence-electron chi connectivity index (χ1n) is 13.5. The van der Waals surface area contributed by atoms with Crippen LogP contribution in [0.15, 0.2) is 25.3 Å². The summed E-state index contributed by atoms with van der Waals surface area (Å²) in [6.07, 6.45) is 5.46. The van der Waals surface area contributed by atoms with Gasteiger partial charge in [-0.05, 0) is 32.6 Å². The lowest BCUT2D eigenvalue weighted by atomic mass is 9.70. The number of likely N-dealkylation sites (tertiary alicyclic amines) is 1. The van der Waals surface area contributed by atoms with Crippen molar-refractivity contribution in [2.24, 2.45) is 11.8 Å². The molecule has 0 saturated carbocycles. The molecule has 4 rings (SSSR count). The number of aliphatic hydroxyl groups excluding tert-OH is 1. The van der Waals surface area contributed by atoms with Crippen LogP contribution in [-0.4, -0.2) is 121 Å². The summed E-state index contributed by atoms with van der Waals surface area (Å²) in [6.45, 7) is 13.6. The van der Waals surface area contributed by atoms with E-state index in [1.54, 1.807) is 24.0 Å². The van der Waals surface area contributed by atoms with Crippen LogP contribution in [0.1, 0.15) is 32.6 Å². The van der Waals surface area contributed by atoms with Gasteiger partial charge in [-0.3, -0.25) is 19.3 Å². The maximum absolute atomic E-state index is 14.2. The molecule has 10 heteroatoms. The third-order valence-electron chi connectivity index (χ3n) is 8.23. The van der Waals surface area contributed by atoms with Crippen LogP contribution < -0.4 is 0 Å². The number of hydrogen-bond donors (Lipinski definition) is 1. The minimum absolute atomic E-state index is 0.232. The average molecular weight is 520 g/mol. The molecule has 206 valence electrons. The molecule has 10 nitrogen and oxygen atoms in total. The number of morpholine rings is 1. The molecule has 1 spiro atoms. The number of ether oxygens (including phenoxy) is 3. The highest BCUT2D eigenvalue weighted by Crippen LogP contribution is 2.59. The number of esters is 1. The zero-order chi connectivity index (χ0) is 26.6. The Morgan fingerprint density at radius 1 is 1.30 bits per heavy atom. The zero-order valence-corrected chi connectivity index (χ0v) is 21.9. The van der Waals surface area contributed by atoms with Crippen LogP contribution in [-0.2, 0) is 28.6 Å². The number of nitrogens with zero attached hydrogens (tertiary/aromatic N) is 3. The minimum atomic E-state index is -1.11. The van der Waals surface area contributed by atoms with Gasteiger partial charge in [0.1, 0.15) is 11.6 Å². The van der Waals surface area contributed by atoms with Crippen LogP contribution in [0, 0.1) is 11.8 Å². The van der Waals surface area contributed by atoms with Gasteiger partial charge in [0.25, 0.3) is 0 Å². The summed E-state index contributed by atoms with van der Waals surface area (Å²) in [5.41, 5.74) is -1.11.